The zero-order valence-corrected chi connectivity index (χ0v) is 11.7. The molecule has 0 bridgehead atoms. The normalized spacial score (nSPS) is 12.4. The molecule has 0 heterocycles. The van der Waals surface area contributed by atoms with Gasteiger partial charge >= 0.3 is 0 Å². The highest BCUT2D eigenvalue weighted by Gasteiger charge is 2.06. The smallest absolute Gasteiger partial charge is 0.123 e. The maximum atomic E-state index is 13.2. The van der Waals surface area contributed by atoms with Gasteiger partial charge in [-0.1, -0.05) is 35.9 Å². The summed E-state index contributed by atoms with van der Waals surface area (Å²) in [7, 11) is 0. The van der Waals surface area contributed by atoms with E-state index in [1.54, 1.807) is 6.07 Å². The Labute approximate surface area is 114 Å². The van der Waals surface area contributed by atoms with Crippen LogP contribution in [0.1, 0.15) is 35.2 Å². The van der Waals surface area contributed by atoms with Crippen LogP contribution in [0.15, 0.2) is 42.5 Å². The molecule has 1 N–H and O–H groups in total. The number of benzene rings is 2. The molecule has 0 fully saturated rings. The van der Waals surface area contributed by atoms with Crippen LogP contribution in [-0.4, -0.2) is 0 Å². The first-order valence-electron chi connectivity index (χ1n) is 6.61. The SMILES string of the molecule is Cc1cccc([C@@H](C)NCc2cc(F)ccc2C)c1. The van der Waals surface area contributed by atoms with Gasteiger partial charge in [-0.3, -0.25) is 0 Å². The molecule has 1 nitrogen and oxygen atoms in total. The summed E-state index contributed by atoms with van der Waals surface area (Å²) in [6.45, 7) is 6.91. The Morgan fingerprint density at radius 3 is 2.63 bits per heavy atom. The molecule has 2 aromatic rings. The molecule has 19 heavy (non-hydrogen) atoms. The number of aryl methyl sites for hydroxylation is 2. The van der Waals surface area contributed by atoms with E-state index >= 15 is 0 Å². The van der Waals surface area contributed by atoms with Crippen molar-refractivity contribution in [3.63, 3.8) is 0 Å². The minimum Gasteiger partial charge on any atom is -0.306 e. The van der Waals surface area contributed by atoms with Crippen LogP contribution in [0.3, 0.4) is 0 Å². The van der Waals surface area contributed by atoms with Crippen LogP contribution >= 0.6 is 0 Å². The van der Waals surface area contributed by atoms with Crippen molar-refractivity contribution >= 4 is 0 Å². The molecule has 0 saturated carbocycles. The average molecular weight is 257 g/mol. The summed E-state index contributed by atoms with van der Waals surface area (Å²) in [5.41, 5.74) is 4.65. The maximum Gasteiger partial charge on any atom is 0.123 e. The van der Waals surface area contributed by atoms with Crippen LogP contribution in [0.5, 0.6) is 0 Å². The van der Waals surface area contributed by atoms with E-state index in [9.17, 15) is 4.39 Å². The Balaban J connectivity index is 2.04. The molecule has 2 heteroatoms. The van der Waals surface area contributed by atoms with Gasteiger partial charge in [-0.05, 0) is 49.6 Å². The van der Waals surface area contributed by atoms with Crippen molar-refractivity contribution in [1.82, 2.24) is 5.32 Å². The van der Waals surface area contributed by atoms with Gasteiger partial charge in [0, 0.05) is 12.6 Å². The molecule has 0 saturated heterocycles. The molecule has 0 aliphatic carbocycles. The van der Waals surface area contributed by atoms with Crippen LogP contribution in [0.25, 0.3) is 0 Å². The van der Waals surface area contributed by atoms with E-state index in [1.807, 2.05) is 13.0 Å². The number of hydrogen-bond acceptors (Lipinski definition) is 1. The fraction of sp³-hybridized carbons (Fsp3) is 0.294. The number of hydrogen-bond donors (Lipinski definition) is 1. The predicted octanol–water partition coefficient (Wildman–Crippen LogP) is 4.29. The molecular weight excluding hydrogens is 237 g/mol. The van der Waals surface area contributed by atoms with Crippen molar-refractivity contribution < 1.29 is 4.39 Å². The van der Waals surface area contributed by atoms with Crippen molar-refractivity contribution in [2.24, 2.45) is 0 Å². The minimum atomic E-state index is -0.175. The monoisotopic (exact) mass is 257 g/mol. The first-order chi connectivity index (χ1) is 9.06. The van der Waals surface area contributed by atoms with Crippen molar-refractivity contribution in [3.8, 4) is 0 Å². The largest absolute Gasteiger partial charge is 0.306 e. The van der Waals surface area contributed by atoms with Crippen molar-refractivity contribution in [2.75, 3.05) is 0 Å². The van der Waals surface area contributed by atoms with Gasteiger partial charge in [0.05, 0.1) is 0 Å². The molecule has 0 radical (unpaired) electrons. The summed E-state index contributed by atoms with van der Waals surface area (Å²) < 4.78 is 13.2. The van der Waals surface area contributed by atoms with Crippen LogP contribution in [0, 0.1) is 19.7 Å². The van der Waals surface area contributed by atoms with Crippen LogP contribution in [-0.2, 0) is 6.54 Å². The lowest BCUT2D eigenvalue weighted by atomic mass is 10.0. The minimum absolute atomic E-state index is 0.175. The van der Waals surface area contributed by atoms with Gasteiger partial charge in [0.1, 0.15) is 5.82 Å². The second-order valence-corrected chi connectivity index (χ2v) is 5.09. The lowest BCUT2D eigenvalue weighted by Crippen LogP contribution is -2.18. The van der Waals surface area contributed by atoms with E-state index in [2.05, 4.69) is 43.4 Å². The third kappa shape index (κ3) is 3.65. The Bertz CT molecular complexity index is 563. The molecule has 1 atom stereocenters. The molecule has 100 valence electrons. The Morgan fingerprint density at radius 2 is 1.89 bits per heavy atom. The average Bonchev–Trinajstić information content (AvgIpc) is 2.39. The highest BCUT2D eigenvalue weighted by atomic mass is 19.1. The lowest BCUT2D eigenvalue weighted by Gasteiger charge is -2.16. The zero-order valence-electron chi connectivity index (χ0n) is 11.7. The van der Waals surface area contributed by atoms with E-state index in [0.29, 0.717) is 6.54 Å². The Hall–Kier alpha value is -1.67. The van der Waals surface area contributed by atoms with Gasteiger partial charge in [-0.15, -0.1) is 0 Å². The molecule has 0 amide bonds. The zero-order chi connectivity index (χ0) is 13.8. The van der Waals surface area contributed by atoms with Crippen molar-refractivity contribution in [2.45, 2.75) is 33.4 Å². The third-order valence-electron chi connectivity index (χ3n) is 3.45. The third-order valence-corrected chi connectivity index (χ3v) is 3.45. The Morgan fingerprint density at radius 1 is 1.11 bits per heavy atom. The van der Waals surface area contributed by atoms with E-state index in [0.717, 1.165) is 11.1 Å². The molecule has 2 aromatic carbocycles. The second-order valence-electron chi connectivity index (χ2n) is 5.09. The first-order valence-corrected chi connectivity index (χ1v) is 6.61. The number of rotatable bonds is 4. The summed E-state index contributed by atoms with van der Waals surface area (Å²) >= 11 is 0. The lowest BCUT2D eigenvalue weighted by molar-refractivity contribution is 0.567. The molecule has 2 rings (SSSR count). The van der Waals surface area contributed by atoms with Crippen LogP contribution in [0.4, 0.5) is 4.39 Å². The van der Waals surface area contributed by atoms with Crippen molar-refractivity contribution in [3.05, 3.63) is 70.5 Å². The van der Waals surface area contributed by atoms with Gasteiger partial charge in [0.2, 0.25) is 0 Å². The quantitative estimate of drug-likeness (QED) is 0.861. The van der Waals surface area contributed by atoms with E-state index < -0.39 is 0 Å². The van der Waals surface area contributed by atoms with Gasteiger partial charge in [0.15, 0.2) is 0 Å². The maximum absolute atomic E-state index is 13.2. The fourth-order valence-electron chi connectivity index (χ4n) is 2.15. The molecule has 0 spiro atoms. The molecule has 0 aliphatic heterocycles. The molecule has 0 unspecified atom stereocenters. The number of nitrogens with one attached hydrogen (secondary N) is 1. The van der Waals surface area contributed by atoms with Crippen LogP contribution < -0.4 is 5.32 Å². The fourth-order valence-corrected chi connectivity index (χ4v) is 2.15. The van der Waals surface area contributed by atoms with Crippen molar-refractivity contribution in [1.29, 1.82) is 0 Å². The van der Waals surface area contributed by atoms with E-state index in [1.165, 1.54) is 17.2 Å². The van der Waals surface area contributed by atoms with Crippen LogP contribution in [0.2, 0.25) is 0 Å². The Kier molecular flexibility index (Phi) is 4.33. The predicted molar refractivity (Wildman–Crippen MR) is 77.6 cm³/mol. The van der Waals surface area contributed by atoms with Gasteiger partial charge in [0.25, 0.3) is 0 Å². The summed E-state index contributed by atoms with van der Waals surface area (Å²) in [4.78, 5) is 0. The topological polar surface area (TPSA) is 12.0 Å². The standard InChI is InChI=1S/C17H20FN/c1-12-5-4-6-15(9-12)14(3)19-11-16-10-17(18)8-7-13(16)2/h4-10,14,19H,11H2,1-3H3/t14-/m1/s1. The first kappa shape index (κ1) is 13.8. The molecular formula is C17H20FN. The van der Waals surface area contributed by atoms with E-state index in [-0.39, 0.29) is 11.9 Å². The second kappa shape index (κ2) is 5.98. The van der Waals surface area contributed by atoms with Gasteiger partial charge < -0.3 is 5.32 Å². The highest BCUT2D eigenvalue weighted by molar-refractivity contribution is 5.28. The van der Waals surface area contributed by atoms with Gasteiger partial charge in [-0.2, -0.15) is 0 Å². The highest BCUT2D eigenvalue weighted by Crippen LogP contribution is 2.16. The summed E-state index contributed by atoms with van der Waals surface area (Å²) in [6.07, 6.45) is 0. The summed E-state index contributed by atoms with van der Waals surface area (Å²) in [5, 5.41) is 3.44. The van der Waals surface area contributed by atoms with E-state index in [4.69, 9.17) is 0 Å². The van der Waals surface area contributed by atoms with Gasteiger partial charge in [-0.25, -0.2) is 4.39 Å². The molecule has 0 aliphatic rings. The summed E-state index contributed by atoms with van der Waals surface area (Å²) in [6, 6.07) is 13.6. The molecule has 0 aromatic heterocycles. The number of halogens is 1. The summed E-state index contributed by atoms with van der Waals surface area (Å²) in [5.74, 6) is -0.175.